The number of rotatable bonds is 4. The number of hydrogen-bond donors (Lipinski definition) is 0. The van der Waals surface area contributed by atoms with Crippen molar-refractivity contribution in [1.29, 1.82) is 0 Å². The van der Waals surface area contributed by atoms with Crippen molar-refractivity contribution in [2.24, 2.45) is 5.41 Å². The number of carbonyl (C=O) groups excluding carboxylic acids is 2. The Labute approximate surface area is 130 Å². The zero-order chi connectivity index (χ0) is 15.5. The van der Waals surface area contributed by atoms with Crippen LogP contribution in [0.15, 0.2) is 30.3 Å². The van der Waals surface area contributed by atoms with Crippen LogP contribution in [0, 0.1) is 5.41 Å². The van der Waals surface area contributed by atoms with E-state index in [1.807, 2.05) is 32.0 Å². The van der Waals surface area contributed by atoms with Crippen molar-refractivity contribution in [1.82, 2.24) is 4.90 Å². The third-order valence-electron chi connectivity index (χ3n) is 3.60. The number of alkyl halides is 1. The summed E-state index contributed by atoms with van der Waals surface area (Å²) in [6, 6.07) is 8.47. The van der Waals surface area contributed by atoms with Gasteiger partial charge in [-0.15, -0.1) is 11.6 Å². The molecule has 0 bridgehead atoms. The Morgan fingerprint density at radius 2 is 2.00 bits per heavy atom. The van der Waals surface area contributed by atoms with Gasteiger partial charge in [-0.25, -0.2) is 4.79 Å². The predicted molar refractivity (Wildman–Crippen MR) is 81.3 cm³/mol. The molecule has 0 saturated carbocycles. The maximum absolute atomic E-state index is 12.6. The standard InChI is InChI=1S/C16H20ClNO3/c1-16(2)10-13(15(20)21-9-8-17)18(11-16)14(19)12-6-4-3-5-7-12/h3-7,13H,8-11H2,1-2H3/t13-/m1/s1. The largest absolute Gasteiger partial charge is 0.463 e. The molecule has 1 fully saturated rings. The van der Waals surface area contributed by atoms with E-state index in [0.717, 1.165) is 0 Å². The van der Waals surface area contributed by atoms with Gasteiger partial charge < -0.3 is 9.64 Å². The molecule has 1 aliphatic heterocycles. The van der Waals surface area contributed by atoms with Crippen molar-refractivity contribution >= 4 is 23.5 Å². The van der Waals surface area contributed by atoms with Gasteiger partial charge in [-0.2, -0.15) is 0 Å². The molecule has 0 unspecified atom stereocenters. The molecule has 1 amide bonds. The molecule has 1 aromatic carbocycles. The van der Waals surface area contributed by atoms with Crippen LogP contribution in [0.5, 0.6) is 0 Å². The third-order valence-corrected chi connectivity index (χ3v) is 3.75. The van der Waals surface area contributed by atoms with Gasteiger partial charge in [0.25, 0.3) is 5.91 Å². The molecule has 1 saturated heterocycles. The van der Waals surface area contributed by atoms with Gasteiger partial charge in [-0.05, 0) is 24.0 Å². The van der Waals surface area contributed by atoms with Crippen molar-refractivity contribution in [3.8, 4) is 0 Å². The molecule has 1 atom stereocenters. The van der Waals surface area contributed by atoms with Gasteiger partial charge in [0.2, 0.25) is 0 Å². The summed E-state index contributed by atoms with van der Waals surface area (Å²) in [5.41, 5.74) is 0.486. The lowest BCUT2D eigenvalue weighted by atomic mass is 9.91. The van der Waals surface area contributed by atoms with Gasteiger partial charge in [0.05, 0.1) is 5.88 Å². The zero-order valence-electron chi connectivity index (χ0n) is 12.3. The normalized spacial score (nSPS) is 20.3. The van der Waals surface area contributed by atoms with Crippen LogP contribution >= 0.6 is 11.6 Å². The fraction of sp³-hybridized carbons (Fsp3) is 0.500. The lowest BCUT2D eigenvalue weighted by Gasteiger charge is -2.23. The minimum Gasteiger partial charge on any atom is -0.463 e. The number of halogens is 1. The molecule has 5 heteroatoms. The summed E-state index contributed by atoms with van der Waals surface area (Å²) in [5, 5.41) is 0. The summed E-state index contributed by atoms with van der Waals surface area (Å²) in [4.78, 5) is 26.4. The van der Waals surface area contributed by atoms with Crippen molar-refractivity contribution in [2.45, 2.75) is 26.3 Å². The van der Waals surface area contributed by atoms with Gasteiger partial charge in [0.1, 0.15) is 12.6 Å². The Bertz CT molecular complexity index is 516. The van der Waals surface area contributed by atoms with Crippen LogP contribution in [0.1, 0.15) is 30.6 Å². The molecule has 2 rings (SSSR count). The SMILES string of the molecule is CC1(C)C[C@H](C(=O)OCCCl)N(C(=O)c2ccccc2)C1. The van der Waals surface area contributed by atoms with E-state index < -0.39 is 6.04 Å². The van der Waals surface area contributed by atoms with Gasteiger partial charge in [0.15, 0.2) is 0 Å². The smallest absolute Gasteiger partial charge is 0.328 e. The first-order valence-electron chi connectivity index (χ1n) is 7.03. The maximum Gasteiger partial charge on any atom is 0.328 e. The minimum absolute atomic E-state index is 0.102. The molecule has 21 heavy (non-hydrogen) atoms. The van der Waals surface area contributed by atoms with Gasteiger partial charge in [-0.3, -0.25) is 4.79 Å². The average Bonchev–Trinajstić information content (AvgIpc) is 2.81. The molecule has 0 spiro atoms. The number of benzene rings is 1. The molecular weight excluding hydrogens is 290 g/mol. The third kappa shape index (κ3) is 3.76. The first-order chi connectivity index (χ1) is 9.94. The predicted octanol–water partition coefficient (Wildman–Crippen LogP) is 2.71. The topological polar surface area (TPSA) is 46.6 Å². The van der Waals surface area contributed by atoms with E-state index in [-0.39, 0.29) is 29.8 Å². The first-order valence-corrected chi connectivity index (χ1v) is 7.57. The lowest BCUT2D eigenvalue weighted by molar-refractivity contribution is -0.147. The summed E-state index contributed by atoms with van der Waals surface area (Å²) in [6.07, 6.45) is 0.604. The molecular formula is C16H20ClNO3. The van der Waals surface area contributed by atoms with Gasteiger partial charge >= 0.3 is 5.97 Å². The van der Waals surface area contributed by atoms with E-state index in [2.05, 4.69) is 0 Å². The number of ether oxygens (including phenoxy) is 1. The summed E-state index contributed by atoms with van der Waals surface area (Å²) in [6.45, 7) is 4.81. The number of amides is 1. The Balaban J connectivity index is 2.18. The summed E-state index contributed by atoms with van der Waals surface area (Å²) in [7, 11) is 0. The van der Waals surface area contributed by atoms with E-state index >= 15 is 0 Å². The van der Waals surface area contributed by atoms with Gasteiger partial charge in [0, 0.05) is 12.1 Å². The molecule has 0 aromatic heterocycles. The quantitative estimate of drug-likeness (QED) is 0.634. The average molecular weight is 310 g/mol. The maximum atomic E-state index is 12.6. The van der Waals surface area contributed by atoms with Crippen LogP contribution in [0.2, 0.25) is 0 Å². The lowest BCUT2D eigenvalue weighted by Crippen LogP contribution is -2.41. The molecule has 1 aliphatic rings. The van der Waals surface area contributed by atoms with Crippen LogP contribution in [0.3, 0.4) is 0 Å². The zero-order valence-corrected chi connectivity index (χ0v) is 13.1. The van der Waals surface area contributed by atoms with E-state index in [4.69, 9.17) is 16.3 Å². The van der Waals surface area contributed by atoms with Crippen LogP contribution in [0.4, 0.5) is 0 Å². The number of nitrogens with zero attached hydrogens (tertiary/aromatic N) is 1. The highest BCUT2D eigenvalue weighted by Gasteiger charge is 2.44. The number of esters is 1. The Kier molecular flexibility index (Phi) is 4.88. The van der Waals surface area contributed by atoms with E-state index in [1.165, 1.54) is 0 Å². The second-order valence-electron chi connectivity index (χ2n) is 6.04. The first kappa shape index (κ1) is 15.8. The van der Waals surface area contributed by atoms with Crippen molar-refractivity contribution in [2.75, 3.05) is 19.0 Å². The van der Waals surface area contributed by atoms with E-state index in [1.54, 1.807) is 17.0 Å². The van der Waals surface area contributed by atoms with Crippen LogP contribution in [-0.2, 0) is 9.53 Å². The number of carbonyl (C=O) groups is 2. The van der Waals surface area contributed by atoms with E-state index in [0.29, 0.717) is 18.5 Å². The molecule has 1 heterocycles. The summed E-state index contributed by atoms with van der Waals surface area (Å²) in [5.74, 6) is -0.242. The fourth-order valence-electron chi connectivity index (χ4n) is 2.68. The highest BCUT2D eigenvalue weighted by molar-refractivity contribution is 6.18. The van der Waals surface area contributed by atoms with Crippen molar-refractivity contribution in [3.63, 3.8) is 0 Å². The minimum atomic E-state index is -0.532. The van der Waals surface area contributed by atoms with Crippen LogP contribution in [0.25, 0.3) is 0 Å². The van der Waals surface area contributed by atoms with Crippen LogP contribution < -0.4 is 0 Å². The van der Waals surface area contributed by atoms with E-state index in [9.17, 15) is 9.59 Å². The Morgan fingerprint density at radius 1 is 1.33 bits per heavy atom. The highest BCUT2D eigenvalue weighted by Crippen LogP contribution is 2.35. The molecule has 4 nitrogen and oxygen atoms in total. The highest BCUT2D eigenvalue weighted by atomic mass is 35.5. The fourth-order valence-corrected chi connectivity index (χ4v) is 2.75. The van der Waals surface area contributed by atoms with Crippen molar-refractivity contribution < 1.29 is 14.3 Å². The second kappa shape index (κ2) is 6.48. The van der Waals surface area contributed by atoms with Gasteiger partial charge in [-0.1, -0.05) is 32.0 Å². The Morgan fingerprint density at radius 3 is 2.62 bits per heavy atom. The molecule has 0 N–H and O–H groups in total. The summed E-state index contributed by atoms with van der Waals surface area (Å²) >= 11 is 5.55. The van der Waals surface area contributed by atoms with Crippen molar-refractivity contribution in [3.05, 3.63) is 35.9 Å². The molecule has 0 radical (unpaired) electrons. The number of hydrogen-bond acceptors (Lipinski definition) is 3. The molecule has 1 aromatic rings. The second-order valence-corrected chi connectivity index (χ2v) is 6.42. The number of likely N-dealkylation sites (tertiary alicyclic amines) is 1. The monoisotopic (exact) mass is 309 g/mol. The molecule has 0 aliphatic carbocycles. The van der Waals surface area contributed by atoms with Crippen LogP contribution in [-0.4, -0.2) is 41.8 Å². The summed E-state index contributed by atoms with van der Waals surface area (Å²) < 4.78 is 5.12. The molecule has 114 valence electrons. The Hall–Kier alpha value is -1.55.